The minimum Gasteiger partial charge on any atom is -0.469 e. The van der Waals surface area contributed by atoms with Crippen molar-refractivity contribution < 1.29 is 28.6 Å². The van der Waals surface area contributed by atoms with E-state index in [-0.39, 0.29) is 42.5 Å². The van der Waals surface area contributed by atoms with Crippen LogP contribution in [0.5, 0.6) is 0 Å². The number of amides is 2. The predicted molar refractivity (Wildman–Crippen MR) is 105 cm³/mol. The van der Waals surface area contributed by atoms with Gasteiger partial charge in [0.15, 0.2) is 0 Å². The van der Waals surface area contributed by atoms with Crippen LogP contribution < -0.4 is 5.32 Å². The molecule has 8 nitrogen and oxygen atoms in total. The van der Waals surface area contributed by atoms with Gasteiger partial charge in [0.05, 0.1) is 25.2 Å². The Labute approximate surface area is 168 Å². The van der Waals surface area contributed by atoms with E-state index in [1.54, 1.807) is 11.9 Å². The minimum atomic E-state index is -0.503. The Hall–Kier alpha value is -1.83. The van der Waals surface area contributed by atoms with Gasteiger partial charge in [0.25, 0.3) is 0 Å². The van der Waals surface area contributed by atoms with Gasteiger partial charge >= 0.3 is 12.1 Å². The molecule has 0 aliphatic carbocycles. The highest BCUT2D eigenvalue weighted by Gasteiger charge is 2.29. The Balaban J connectivity index is 2.45. The van der Waals surface area contributed by atoms with Gasteiger partial charge in [-0.1, -0.05) is 0 Å². The molecule has 8 heteroatoms. The first kappa shape index (κ1) is 24.2. The summed E-state index contributed by atoms with van der Waals surface area (Å²) in [4.78, 5) is 37.3. The van der Waals surface area contributed by atoms with Gasteiger partial charge in [-0.05, 0) is 53.4 Å². The minimum absolute atomic E-state index is 0.0333. The second-order valence-corrected chi connectivity index (χ2v) is 8.28. The van der Waals surface area contributed by atoms with Gasteiger partial charge in [-0.2, -0.15) is 0 Å². The largest absolute Gasteiger partial charge is 0.469 e. The highest BCUT2D eigenvalue weighted by atomic mass is 16.6. The van der Waals surface area contributed by atoms with E-state index in [1.807, 2.05) is 27.7 Å². The zero-order valence-electron chi connectivity index (χ0n) is 18.1. The SMILES string of the molecule is CNC(=O)CCC(CC(C)OC1CCN(C(=O)OC(C)(C)C)CC1)C(=O)OC. The molecule has 0 aromatic rings. The molecule has 1 aliphatic rings. The molecule has 28 heavy (non-hydrogen) atoms. The van der Waals surface area contributed by atoms with E-state index in [0.29, 0.717) is 25.9 Å². The summed E-state index contributed by atoms with van der Waals surface area (Å²) in [6.45, 7) is 8.65. The molecule has 0 aromatic carbocycles. The number of ether oxygens (including phenoxy) is 3. The molecule has 2 atom stereocenters. The molecule has 1 saturated heterocycles. The summed E-state index contributed by atoms with van der Waals surface area (Å²) in [5.41, 5.74) is -0.503. The molecule has 0 spiro atoms. The summed E-state index contributed by atoms with van der Waals surface area (Å²) in [6, 6.07) is 0. The molecule has 1 aliphatic heterocycles. The highest BCUT2D eigenvalue weighted by Crippen LogP contribution is 2.22. The van der Waals surface area contributed by atoms with E-state index < -0.39 is 5.60 Å². The Morgan fingerprint density at radius 2 is 1.79 bits per heavy atom. The molecule has 2 unspecified atom stereocenters. The molecule has 1 N–H and O–H groups in total. The van der Waals surface area contributed by atoms with Crippen LogP contribution in [-0.2, 0) is 23.8 Å². The van der Waals surface area contributed by atoms with Gasteiger partial charge in [0.2, 0.25) is 5.91 Å². The fourth-order valence-electron chi connectivity index (χ4n) is 3.21. The van der Waals surface area contributed by atoms with Crippen molar-refractivity contribution in [1.29, 1.82) is 0 Å². The van der Waals surface area contributed by atoms with Crippen LogP contribution in [-0.4, -0.2) is 67.9 Å². The summed E-state index contributed by atoms with van der Waals surface area (Å²) in [5, 5.41) is 2.56. The lowest BCUT2D eigenvalue weighted by Gasteiger charge is -2.34. The zero-order chi connectivity index (χ0) is 21.3. The van der Waals surface area contributed by atoms with E-state index in [4.69, 9.17) is 14.2 Å². The number of rotatable bonds is 8. The van der Waals surface area contributed by atoms with Gasteiger partial charge in [0.1, 0.15) is 5.60 Å². The molecule has 0 saturated carbocycles. The second-order valence-electron chi connectivity index (χ2n) is 8.28. The molecular formula is C20H36N2O6. The number of esters is 1. The summed E-state index contributed by atoms with van der Waals surface area (Å²) in [6.07, 6.45) is 2.25. The molecule has 0 bridgehead atoms. The standard InChI is InChI=1S/C20H36N2O6/c1-14(13-15(18(24)26-6)7-8-17(23)21-5)27-16-9-11-22(12-10-16)19(25)28-20(2,3)4/h14-16H,7-13H2,1-6H3,(H,21,23). The molecule has 1 rings (SSSR count). The fraction of sp³-hybridized carbons (Fsp3) is 0.850. The van der Waals surface area contributed by atoms with Crippen molar-refractivity contribution in [1.82, 2.24) is 10.2 Å². The predicted octanol–water partition coefficient (Wildman–Crippen LogP) is 2.50. The average molecular weight is 401 g/mol. The normalized spacial score (nSPS) is 17.6. The molecule has 0 aromatic heterocycles. The molecule has 2 amide bonds. The van der Waals surface area contributed by atoms with E-state index in [0.717, 1.165) is 12.8 Å². The number of hydrogen-bond donors (Lipinski definition) is 1. The van der Waals surface area contributed by atoms with Crippen LogP contribution in [0, 0.1) is 5.92 Å². The van der Waals surface area contributed by atoms with Crippen LogP contribution >= 0.6 is 0 Å². The number of carbonyl (C=O) groups is 3. The first-order chi connectivity index (χ1) is 13.1. The Morgan fingerprint density at radius 3 is 2.29 bits per heavy atom. The van der Waals surface area contributed by atoms with Gasteiger partial charge in [-0.25, -0.2) is 4.79 Å². The van der Waals surface area contributed by atoms with Crippen molar-refractivity contribution in [3.8, 4) is 0 Å². The van der Waals surface area contributed by atoms with Gasteiger partial charge in [-0.15, -0.1) is 0 Å². The van der Waals surface area contributed by atoms with Crippen LogP contribution in [0.4, 0.5) is 4.79 Å². The van der Waals surface area contributed by atoms with Crippen LogP contribution in [0.2, 0.25) is 0 Å². The Morgan fingerprint density at radius 1 is 1.18 bits per heavy atom. The molecule has 1 fully saturated rings. The summed E-state index contributed by atoms with van der Waals surface area (Å²) < 4.78 is 16.4. The number of hydrogen-bond acceptors (Lipinski definition) is 6. The van der Waals surface area contributed by atoms with Crippen LogP contribution in [0.1, 0.15) is 59.8 Å². The number of piperidine rings is 1. The maximum absolute atomic E-state index is 12.1. The van der Waals surface area contributed by atoms with E-state index >= 15 is 0 Å². The fourth-order valence-corrected chi connectivity index (χ4v) is 3.21. The number of nitrogens with zero attached hydrogens (tertiary/aromatic N) is 1. The second kappa shape index (κ2) is 11.2. The van der Waals surface area contributed by atoms with Crippen molar-refractivity contribution >= 4 is 18.0 Å². The summed E-state index contributed by atoms with van der Waals surface area (Å²) >= 11 is 0. The van der Waals surface area contributed by atoms with Crippen molar-refractivity contribution in [2.24, 2.45) is 5.92 Å². The third-order valence-corrected chi connectivity index (χ3v) is 4.67. The quantitative estimate of drug-likeness (QED) is 0.629. The number of nitrogens with one attached hydrogen (secondary N) is 1. The third kappa shape index (κ3) is 8.91. The van der Waals surface area contributed by atoms with E-state index in [2.05, 4.69) is 5.32 Å². The maximum Gasteiger partial charge on any atom is 0.410 e. The average Bonchev–Trinajstić information content (AvgIpc) is 2.63. The molecule has 0 radical (unpaired) electrons. The van der Waals surface area contributed by atoms with Gasteiger partial charge in [0, 0.05) is 26.6 Å². The molecular weight excluding hydrogens is 364 g/mol. The summed E-state index contributed by atoms with van der Waals surface area (Å²) in [7, 11) is 2.93. The van der Waals surface area contributed by atoms with Gasteiger partial charge < -0.3 is 24.4 Å². The van der Waals surface area contributed by atoms with Gasteiger partial charge in [-0.3, -0.25) is 9.59 Å². The van der Waals surface area contributed by atoms with E-state index in [9.17, 15) is 14.4 Å². The number of likely N-dealkylation sites (tertiary alicyclic amines) is 1. The van der Waals surface area contributed by atoms with E-state index in [1.165, 1.54) is 7.11 Å². The number of carbonyl (C=O) groups excluding carboxylic acids is 3. The van der Waals surface area contributed by atoms with Crippen molar-refractivity contribution in [2.45, 2.75) is 77.6 Å². The van der Waals surface area contributed by atoms with Crippen LogP contribution in [0.25, 0.3) is 0 Å². The molecule has 1 heterocycles. The maximum atomic E-state index is 12.1. The first-order valence-corrected chi connectivity index (χ1v) is 9.97. The lowest BCUT2D eigenvalue weighted by atomic mass is 9.96. The lowest BCUT2D eigenvalue weighted by molar-refractivity contribution is -0.148. The monoisotopic (exact) mass is 400 g/mol. The first-order valence-electron chi connectivity index (χ1n) is 9.97. The van der Waals surface area contributed by atoms with Crippen LogP contribution in [0.3, 0.4) is 0 Å². The Kier molecular flexibility index (Phi) is 9.72. The van der Waals surface area contributed by atoms with Crippen molar-refractivity contribution in [3.63, 3.8) is 0 Å². The lowest BCUT2D eigenvalue weighted by Crippen LogP contribution is -2.44. The molecule has 162 valence electrons. The summed E-state index contributed by atoms with van der Waals surface area (Å²) in [5.74, 6) is -0.796. The van der Waals surface area contributed by atoms with Crippen molar-refractivity contribution in [2.75, 3.05) is 27.2 Å². The topological polar surface area (TPSA) is 94.2 Å². The van der Waals surface area contributed by atoms with Crippen molar-refractivity contribution in [3.05, 3.63) is 0 Å². The Bertz CT molecular complexity index is 523. The third-order valence-electron chi connectivity index (χ3n) is 4.67. The highest BCUT2D eigenvalue weighted by molar-refractivity contribution is 5.77. The van der Waals surface area contributed by atoms with Crippen LogP contribution in [0.15, 0.2) is 0 Å². The number of methoxy groups -OCH3 is 1. The smallest absolute Gasteiger partial charge is 0.410 e. The zero-order valence-corrected chi connectivity index (χ0v) is 18.1.